The molecular formula is C24H30N2O4S. The second kappa shape index (κ2) is 12.3. The minimum Gasteiger partial charge on any atom is -0.506 e. The molecule has 0 aliphatic carbocycles. The molecule has 1 aromatic heterocycles. The average molecular weight is 443 g/mol. The van der Waals surface area contributed by atoms with Crippen LogP contribution in [-0.2, 0) is 22.4 Å². The van der Waals surface area contributed by atoms with Gasteiger partial charge in [-0.1, -0.05) is 60.6 Å². The molecule has 0 spiro atoms. The van der Waals surface area contributed by atoms with Crippen molar-refractivity contribution in [2.75, 3.05) is 19.8 Å². The molecule has 0 bridgehead atoms. The summed E-state index contributed by atoms with van der Waals surface area (Å²) in [6, 6.07) is 13.7. The van der Waals surface area contributed by atoms with Crippen LogP contribution in [0.25, 0.3) is 10.2 Å². The third-order valence-corrected chi connectivity index (χ3v) is 6.13. The molecule has 6 nitrogen and oxygen atoms in total. The van der Waals surface area contributed by atoms with E-state index in [1.165, 1.54) is 5.56 Å². The summed E-state index contributed by atoms with van der Waals surface area (Å²) in [5.41, 5.74) is 2.72. The number of nitrogens with one attached hydrogen (secondary N) is 2. The minimum absolute atomic E-state index is 0.0522. The smallest absolute Gasteiger partial charge is 0.305 e. The first-order chi connectivity index (χ1) is 15.1. The van der Waals surface area contributed by atoms with Gasteiger partial charge in [-0.2, -0.15) is 0 Å². The van der Waals surface area contributed by atoms with Gasteiger partial charge in [0, 0.05) is 19.6 Å². The number of hydrogen-bond donors (Lipinski definition) is 3. The van der Waals surface area contributed by atoms with Gasteiger partial charge in [-0.15, -0.1) is 0 Å². The first-order valence-corrected chi connectivity index (χ1v) is 11.7. The van der Waals surface area contributed by atoms with Crippen molar-refractivity contribution in [3.63, 3.8) is 0 Å². The second-order valence-electron chi connectivity index (χ2n) is 7.57. The zero-order valence-corrected chi connectivity index (χ0v) is 18.5. The number of H-pyrrole nitrogens is 1. The van der Waals surface area contributed by atoms with E-state index in [0.29, 0.717) is 24.9 Å². The number of aromatic nitrogens is 1. The molecule has 3 N–H and O–H groups in total. The van der Waals surface area contributed by atoms with Gasteiger partial charge in [0.05, 0.1) is 11.3 Å². The van der Waals surface area contributed by atoms with Gasteiger partial charge in [0.2, 0.25) is 5.91 Å². The van der Waals surface area contributed by atoms with Crippen molar-refractivity contribution < 1.29 is 14.6 Å². The molecule has 0 unspecified atom stereocenters. The Morgan fingerprint density at radius 2 is 1.81 bits per heavy atom. The predicted octanol–water partition coefficient (Wildman–Crippen LogP) is 4.16. The number of phenolic OH excluding ortho intramolecular Hbond substituents is 1. The molecule has 166 valence electrons. The maximum absolute atomic E-state index is 12.0. The summed E-state index contributed by atoms with van der Waals surface area (Å²) < 4.78 is 6.44. The fourth-order valence-corrected chi connectivity index (χ4v) is 4.37. The Morgan fingerprint density at radius 1 is 1.00 bits per heavy atom. The van der Waals surface area contributed by atoms with Gasteiger partial charge < -0.3 is 20.1 Å². The second-order valence-corrected chi connectivity index (χ2v) is 8.56. The number of phenols is 1. The summed E-state index contributed by atoms with van der Waals surface area (Å²) in [5, 5.41) is 12.8. The molecule has 0 saturated carbocycles. The van der Waals surface area contributed by atoms with E-state index in [-0.39, 0.29) is 16.5 Å². The first-order valence-electron chi connectivity index (χ1n) is 10.9. The molecule has 0 aliphatic heterocycles. The van der Waals surface area contributed by atoms with E-state index in [2.05, 4.69) is 22.4 Å². The van der Waals surface area contributed by atoms with E-state index >= 15 is 0 Å². The molecule has 0 aliphatic rings. The molecule has 2 aromatic carbocycles. The lowest BCUT2D eigenvalue weighted by Gasteiger charge is -2.07. The number of aromatic hydroxyl groups is 1. The fourth-order valence-electron chi connectivity index (χ4n) is 3.47. The van der Waals surface area contributed by atoms with E-state index in [0.717, 1.165) is 66.9 Å². The van der Waals surface area contributed by atoms with Gasteiger partial charge in [-0.25, -0.2) is 0 Å². The van der Waals surface area contributed by atoms with Crippen LogP contribution >= 0.6 is 11.3 Å². The van der Waals surface area contributed by atoms with Crippen molar-refractivity contribution in [2.45, 2.75) is 44.9 Å². The normalized spacial score (nSPS) is 11.1. The Kier molecular flexibility index (Phi) is 9.12. The van der Waals surface area contributed by atoms with Crippen molar-refractivity contribution in [3.05, 3.63) is 63.3 Å². The molecule has 0 fully saturated rings. The third-order valence-electron chi connectivity index (χ3n) is 5.18. The number of thiazole rings is 1. The number of amides is 1. The Bertz CT molecular complexity index is 1010. The molecule has 0 atom stereocenters. The highest BCUT2D eigenvalue weighted by Gasteiger charge is 2.10. The maximum atomic E-state index is 12.0. The number of ether oxygens (including phenoxy) is 1. The van der Waals surface area contributed by atoms with Crippen molar-refractivity contribution >= 4 is 27.5 Å². The van der Waals surface area contributed by atoms with E-state index < -0.39 is 0 Å². The number of unbranched alkanes of at least 4 members (excludes halogenated alkanes) is 3. The summed E-state index contributed by atoms with van der Waals surface area (Å²) in [6.45, 7) is 2.03. The van der Waals surface area contributed by atoms with Crippen molar-refractivity contribution in [1.29, 1.82) is 0 Å². The van der Waals surface area contributed by atoms with Crippen molar-refractivity contribution in [1.82, 2.24) is 10.3 Å². The number of aromatic amines is 1. The summed E-state index contributed by atoms with van der Waals surface area (Å²) in [4.78, 5) is 26.0. The molecule has 7 heteroatoms. The summed E-state index contributed by atoms with van der Waals surface area (Å²) >= 11 is 1.08. The molecule has 3 rings (SSSR count). The van der Waals surface area contributed by atoms with Gasteiger partial charge >= 0.3 is 4.87 Å². The lowest BCUT2D eigenvalue weighted by Crippen LogP contribution is -2.25. The van der Waals surface area contributed by atoms with Gasteiger partial charge in [-0.3, -0.25) is 9.59 Å². The average Bonchev–Trinajstić information content (AvgIpc) is 3.17. The molecule has 0 radical (unpaired) electrons. The van der Waals surface area contributed by atoms with Crippen LogP contribution in [0.1, 0.15) is 43.2 Å². The number of carbonyl (C=O) groups excluding carboxylic acids is 1. The zero-order chi connectivity index (χ0) is 21.9. The Labute approximate surface area is 186 Å². The standard InChI is InChI=1S/C24H30N2O4S/c27-20-12-11-19(23-22(20)26-24(29)31-23)13-15-25-21(28)10-6-1-2-7-16-30-17-14-18-8-4-3-5-9-18/h3-5,8-9,11-12,27H,1-2,6-7,10,13-17H2,(H,25,28)(H,26,29). The summed E-state index contributed by atoms with van der Waals surface area (Å²) in [6.07, 6.45) is 6.07. The van der Waals surface area contributed by atoms with E-state index in [9.17, 15) is 14.7 Å². The molecule has 0 saturated heterocycles. The number of hydrogen-bond acceptors (Lipinski definition) is 5. The van der Waals surface area contributed by atoms with Gasteiger partial charge in [-0.05, 0) is 42.9 Å². The lowest BCUT2D eigenvalue weighted by molar-refractivity contribution is -0.121. The highest BCUT2D eigenvalue weighted by molar-refractivity contribution is 7.16. The van der Waals surface area contributed by atoms with Crippen LogP contribution in [0.4, 0.5) is 0 Å². The van der Waals surface area contributed by atoms with Crippen LogP contribution in [0.15, 0.2) is 47.3 Å². The monoisotopic (exact) mass is 442 g/mol. The van der Waals surface area contributed by atoms with Crippen LogP contribution in [0.2, 0.25) is 0 Å². The number of benzene rings is 2. The van der Waals surface area contributed by atoms with Crippen molar-refractivity contribution in [2.24, 2.45) is 0 Å². The van der Waals surface area contributed by atoms with Crippen LogP contribution in [-0.4, -0.2) is 35.8 Å². The van der Waals surface area contributed by atoms with Gasteiger partial charge in [0.1, 0.15) is 11.3 Å². The van der Waals surface area contributed by atoms with E-state index in [1.54, 1.807) is 12.1 Å². The van der Waals surface area contributed by atoms with E-state index in [1.807, 2.05) is 18.2 Å². The zero-order valence-electron chi connectivity index (χ0n) is 17.7. The summed E-state index contributed by atoms with van der Waals surface area (Å²) in [7, 11) is 0. The van der Waals surface area contributed by atoms with Crippen LogP contribution < -0.4 is 10.2 Å². The first kappa shape index (κ1) is 23.0. The topological polar surface area (TPSA) is 91.4 Å². The van der Waals surface area contributed by atoms with E-state index in [4.69, 9.17) is 4.74 Å². The lowest BCUT2D eigenvalue weighted by atomic mass is 10.1. The Morgan fingerprint density at radius 3 is 2.65 bits per heavy atom. The quantitative estimate of drug-likeness (QED) is 0.347. The highest BCUT2D eigenvalue weighted by Crippen LogP contribution is 2.27. The van der Waals surface area contributed by atoms with Crippen LogP contribution in [0.5, 0.6) is 5.75 Å². The maximum Gasteiger partial charge on any atom is 0.305 e. The number of carbonyl (C=O) groups is 1. The molecule has 1 heterocycles. The van der Waals surface area contributed by atoms with Gasteiger partial charge in [0.15, 0.2) is 0 Å². The number of rotatable bonds is 13. The fraction of sp³-hybridized carbons (Fsp3) is 0.417. The Hall–Kier alpha value is -2.64. The highest BCUT2D eigenvalue weighted by atomic mass is 32.1. The van der Waals surface area contributed by atoms with Gasteiger partial charge in [0.25, 0.3) is 0 Å². The molecule has 31 heavy (non-hydrogen) atoms. The SMILES string of the molecule is O=C(CCCCCCOCCc1ccccc1)NCCc1ccc(O)c2[nH]c(=O)sc12. The minimum atomic E-state index is -0.191. The third kappa shape index (κ3) is 7.52. The number of fused-ring (bicyclic) bond motifs is 1. The molecular weight excluding hydrogens is 412 g/mol. The largest absolute Gasteiger partial charge is 0.506 e. The molecule has 1 amide bonds. The predicted molar refractivity (Wildman–Crippen MR) is 125 cm³/mol. The van der Waals surface area contributed by atoms with Crippen molar-refractivity contribution in [3.8, 4) is 5.75 Å². The van der Waals surface area contributed by atoms with Crippen LogP contribution in [0, 0.1) is 0 Å². The summed E-state index contributed by atoms with van der Waals surface area (Å²) in [5.74, 6) is 0.124. The van der Waals surface area contributed by atoms with Crippen LogP contribution in [0.3, 0.4) is 0 Å². The molecule has 3 aromatic rings. The Balaban J connectivity index is 1.21.